The molecule has 2 aromatic rings. The number of nitrogens with zero attached hydrogens (tertiary/aromatic N) is 3. The molecule has 0 aliphatic rings. The normalized spacial score (nSPS) is 11.1. The Bertz CT molecular complexity index is 774. The van der Waals surface area contributed by atoms with Crippen LogP contribution in [0, 0.1) is 0 Å². The van der Waals surface area contributed by atoms with Crippen LogP contribution in [0.1, 0.15) is 38.1 Å². The fourth-order valence-electron chi connectivity index (χ4n) is 2.05. The van der Waals surface area contributed by atoms with E-state index in [9.17, 15) is 9.59 Å². The molecule has 0 aliphatic carbocycles. The quantitative estimate of drug-likeness (QED) is 0.739. The van der Waals surface area contributed by atoms with Gasteiger partial charge in [-0.05, 0) is 24.1 Å². The van der Waals surface area contributed by atoms with Crippen molar-refractivity contribution in [2.24, 2.45) is 0 Å². The van der Waals surface area contributed by atoms with Crippen molar-refractivity contribution in [2.75, 3.05) is 0 Å². The number of halogens is 1. The van der Waals surface area contributed by atoms with Crippen LogP contribution in [0.5, 0.6) is 0 Å². The topological polar surface area (TPSA) is 65.6 Å². The van der Waals surface area contributed by atoms with Crippen molar-refractivity contribution >= 4 is 40.1 Å². The second kappa shape index (κ2) is 6.00. The Kier molecular flexibility index (Phi) is 4.50. The summed E-state index contributed by atoms with van der Waals surface area (Å²) >= 11 is 1.50. The van der Waals surface area contributed by atoms with Gasteiger partial charge in [0.2, 0.25) is 0 Å². The first kappa shape index (κ1) is 15.7. The zero-order chi connectivity index (χ0) is 15.7. The average molecular weight is 401 g/mol. The Balaban J connectivity index is 2.73. The van der Waals surface area contributed by atoms with E-state index in [2.05, 4.69) is 14.7 Å². The second-order valence-corrected chi connectivity index (χ2v) is 5.63. The number of rotatable bonds is 4. The van der Waals surface area contributed by atoms with E-state index in [1.165, 1.54) is 23.0 Å². The zero-order valence-corrected chi connectivity index (χ0v) is 14.2. The van der Waals surface area contributed by atoms with Crippen LogP contribution in [0.15, 0.2) is 23.6 Å². The largest absolute Gasteiger partial charge is 0.393 e. The van der Waals surface area contributed by atoms with Crippen LogP contribution in [-0.4, -0.2) is 20.2 Å². The Morgan fingerprint density at radius 3 is 2.71 bits per heavy atom. The first-order valence-corrected chi connectivity index (χ1v) is 7.33. The standard InChI is InChI=1S/C14H16IN3O3/c1-8(2)10-5-11-14(20)18(7-12(19)21-15)16-13(9(3)4)17(11)6-10/h5-6,9H,1,7H2,2-4H3. The van der Waals surface area contributed by atoms with E-state index in [4.69, 9.17) is 0 Å². The number of hydrogen-bond donors (Lipinski definition) is 0. The van der Waals surface area contributed by atoms with Gasteiger partial charge in [-0.15, -0.1) is 0 Å². The van der Waals surface area contributed by atoms with Crippen molar-refractivity contribution in [3.63, 3.8) is 0 Å². The molecule has 0 atom stereocenters. The highest BCUT2D eigenvalue weighted by Crippen LogP contribution is 2.19. The molecule has 2 rings (SSSR count). The molecule has 0 bridgehead atoms. The highest BCUT2D eigenvalue weighted by molar-refractivity contribution is 14.1. The van der Waals surface area contributed by atoms with Gasteiger partial charge in [0.1, 0.15) is 17.9 Å². The van der Waals surface area contributed by atoms with Gasteiger partial charge in [-0.1, -0.05) is 20.4 Å². The van der Waals surface area contributed by atoms with E-state index in [1.54, 1.807) is 10.5 Å². The van der Waals surface area contributed by atoms with Gasteiger partial charge < -0.3 is 3.07 Å². The van der Waals surface area contributed by atoms with Crippen LogP contribution in [0.4, 0.5) is 0 Å². The molecule has 2 aromatic heterocycles. The highest BCUT2D eigenvalue weighted by atomic mass is 127. The number of allylic oxidation sites excluding steroid dienone is 1. The third kappa shape index (κ3) is 3.02. The van der Waals surface area contributed by atoms with E-state index < -0.39 is 5.97 Å². The van der Waals surface area contributed by atoms with Crippen molar-refractivity contribution in [2.45, 2.75) is 33.2 Å². The third-order valence-corrected chi connectivity index (χ3v) is 3.61. The van der Waals surface area contributed by atoms with Gasteiger partial charge in [-0.2, -0.15) is 5.10 Å². The molecular formula is C14H16IN3O3. The van der Waals surface area contributed by atoms with Gasteiger partial charge in [0.15, 0.2) is 23.0 Å². The fourth-order valence-corrected chi connectivity index (χ4v) is 2.19. The molecule has 6 nitrogen and oxygen atoms in total. The summed E-state index contributed by atoms with van der Waals surface area (Å²) < 4.78 is 7.49. The lowest BCUT2D eigenvalue weighted by atomic mass is 10.2. The summed E-state index contributed by atoms with van der Waals surface area (Å²) in [6.07, 6.45) is 1.85. The highest BCUT2D eigenvalue weighted by Gasteiger charge is 2.16. The van der Waals surface area contributed by atoms with Gasteiger partial charge in [-0.25, -0.2) is 9.48 Å². The predicted molar refractivity (Wildman–Crippen MR) is 88.4 cm³/mol. The molecule has 112 valence electrons. The predicted octanol–water partition coefficient (Wildman–Crippen LogP) is 2.55. The van der Waals surface area contributed by atoms with E-state index >= 15 is 0 Å². The molecule has 0 radical (unpaired) electrons. The lowest BCUT2D eigenvalue weighted by Gasteiger charge is -2.11. The van der Waals surface area contributed by atoms with E-state index in [1.807, 2.05) is 27.0 Å². The molecule has 21 heavy (non-hydrogen) atoms. The Morgan fingerprint density at radius 2 is 2.19 bits per heavy atom. The van der Waals surface area contributed by atoms with E-state index in [0.29, 0.717) is 11.3 Å². The van der Waals surface area contributed by atoms with Crippen molar-refractivity contribution in [3.8, 4) is 0 Å². The molecule has 2 heterocycles. The second-order valence-electron chi connectivity index (χ2n) is 5.19. The summed E-state index contributed by atoms with van der Waals surface area (Å²) in [4.78, 5) is 23.8. The summed E-state index contributed by atoms with van der Waals surface area (Å²) in [6.45, 7) is 9.53. The molecule has 0 spiro atoms. The first-order valence-electron chi connectivity index (χ1n) is 6.45. The third-order valence-electron chi connectivity index (χ3n) is 3.12. The summed E-state index contributed by atoms with van der Waals surface area (Å²) in [5.41, 5.74) is 1.90. The molecular weight excluding hydrogens is 385 g/mol. The van der Waals surface area contributed by atoms with Crippen molar-refractivity contribution < 1.29 is 7.86 Å². The maximum Gasteiger partial charge on any atom is 0.337 e. The Hall–Kier alpha value is -1.64. The first-order chi connectivity index (χ1) is 9.85. The summed E-state index contributed by atoms with van der Waals surface area (Å²) in [5.74, 6) is 0.287. The van der Waals surface area contributed by atoms with E-state index in [0.717, 1.165) is 15.8 Å². The SMILES string of the molecule is C=C(C)c1cc2c(=O)n(CC(=O)OI)nc(C(C)C)n2c1. The van der Waals surface area contributed by atoms with Crippen LogP contribution in [0.3, 0.4) is 0 Å². The molecule has 0 fully saturated rings. The van der Waals surface area contributed by atoms with Crippen LogP contribution in [0.25, 0.3) is 11.1 Å². The molecule has 7 heteroatoms. The Labute approximate surface area is 136 Å². The lowest BCUT2D eigenvalue weighted by molar-refractivity contribution is -0.132. The van der Waals surface area contributed by atoms with Crippen LogP contribution >= 0.6 is 23.0 Å². The molecule has 0 aliphatic heterocycles. The number of aromatic nitrogens is 3. The minimum Gasteiger partial charge on any atom is -0.393 e. The maximum absolute atomic E-state index is 12.4. The van der Waals surface area contributed by atoms with Gasteiger partial charge in [0.25, 0.3) is 5.56 Å². The van der Waals surface area contributed by atoms with Crippen molar-refractivity contribution in [1.82, 2.24) is 14.2 Å². The van der Waals surface area contributed by atoms with Crippen LogP contribution in [0.2, 0.25) is 0 Å². The Morgan fingerprint density at radius 1 is 1.52 bits per heavy atom. The molecule has 0 N–H and O–H groups in total. The van der Waals surface area contributed by atoms with Crippen molar-refractivity contribution in [3.05, 3.63) is 40.6 Å². The molecule has 0 saturated carbocycles. The monoisotopic (exact) mass is 401 g/mol. The number of carbonyl (C=O) groups excluding carboxylic acids is 1. The fraction of sp³-hybridized carbons (Fsp3) is 0.357. The van der Waals surface area contributed by atoms with Crippen molar-refractivity contribution in [1.29, 1.82) is 0 Å². The molecule has 0 saturated heterocycles. The summed E-state index contributed by atoms with van der Waals surface area (Å²) in [6, 6.07) is 1.77. The van der Waals surface area contributed by atoms with Gasteiger partial charge in [0.05, 0.1) is 0 Å². The smallest absolute Gasteiger partial charge is 0.337 e. The van der Waals surface area contributed by atoms with Crippen LogP contribution < -0.4 is 5.56 Å². The van der Waals surface area contributed by atoms with Gasteiger partial charge >= 0.3 is 5.97 Å². The molecule has 0 unspecified atom stereocenters. The average Bonchev–Trinajstić information content (AvgIpc) is 2.86. The number of carbonyl (C=O) groups is 1. The lowest BCUT2D eigenvalue weighted by Crippen LogP contribution is -2.30. The molecule has 0 aromatic carbocycles. The molecule has 0 amide bonds. The minimum absolute atomic E-state index is 0.0975. The summed E-state index contributed by atoms with van der Waals surface area (Å²) in [7, 11) is 0. The van der Waals surface area contributed by atoms with Crippen LogP contribution in [-0.2, 0) is 14.4 Å². The minimum atomic E-state index is -0.518. The van der Waals surface area contributed by atoms with Gasteiger partial charge in [-0.3, -0.25) is 9.20 Å². The maximum atomic E-state index is 12.4. The number of fused-ring (bicyclic) bond motifs is 1. The number of hydrogen-bond acceptors (Lipinski definition) is 4. The zero-order valence-electron chi connectivity index (χ0n) is 12.1. The van der Waals surface area contributed by atoms with Gasteiger partial charge in [0, 0.05) is 12.1 Å². The summed E-state index contributed by atoms with van der Waals surface area (Å²) in [5, 5.41) is 4.29. The van der Waals surface area contributed by atoms with E-state index in [-0.39, 0.29) is 18.0 Å².